The Hall–Kier alpha value is -1.16. The van der Waals surface area contributed by atoms with E-state index in [1.807, 2.05) is 17.0 Å². The Morgan fingerprint density at radius 3 is 2.64 bits per heavy atom. The summed E-state index contributed by atoms with van der Waals surface area (Å²) in [5.41, 5.74) is 4.35. The Morgan fingerprint density at radius 1 is 1.09 bits per heavy atom. The van der Waals surface area contributed by atoms with Crippen LogP contribution in [0.15, 0.2) is 12.1 Å². The van der Waals surface area contributed by atoms with Gasteiger partial charge in [0.1, 0.15) is 0 Å². The molecule has 2 aliphatic rings. The lowest BCUT2D eigenvalue weighted by Crippen LogP contribution is -2.39. The lowest BCUT2D eigenvalue weighted by atomic mass is 9.88. The summed E-state index contributed by atoms with van der Waals surface area (Å²) >= 11 is 3.42. The fourth-order valence-electron chi connectivity index (χ4n) is 3.52. The molecule has 0 N–H and O–H groups in total. The summed E-state index contributed by atoms with van der Waals surface area (Å²) in [6, 6.07) is 4.08. The van der Waals surface area contributed by atoms with Crippen LogP contribution in [-0.2, 0) is 17.6 Å². The third-order valence-electron chi connectivity index (χ3n) is 4.63. The highest BCUT2D eigenvalue weighted by Crippen LogP contribution is 2.36. The molecule has 0 aliphatic carbocycles. The van der Waals surface area contributed by atoms with Crippen molar-refractivity contribution in [2.45, 2.75) is 51.4 Å². The molecule has 1 aromatic rings. The van der Waals surface area contributed by atoms with Gasteiger partial charge in [-0.05, 0) is 55.4 Å². The van der Waals surface area contributed by atoms with Gasteiger partial charge in [-0.25, -0.2) is 0 Å². The van der Waals surface area contributed by atoms with Gasteiger partial charge in [-0.1, -0.05) is 22.4 Å². The van der Waals surface area contributed by atoms with Crippen LogP contribution in [0.4, 0.5) is 5.69 Å². The number of nitrogens with zero attached hydrogens (tertiary/aromatic N) is 1. The largest absolute Gasteiger partial charge is 0.312 e. The van der Waals surface area contributed by atoms with E-state index in [1.165, 1.54) is 11.1 Å². The van der Waals surface area contributed by atoms with Gasteiger partial charge in [-0.3, -0.25) is 9.59 Å². The molecule has 3 nitrogen and oxygen atoms in total. The fraction of sp³-hybridized carbons (Fsp3) is 0.556. The van der Waals surface area contributed by atoms with Crippen molar-refractivity contribution >= 4 is 33.3 Å². The molecule has 0 aromatic heterocycles. The number of alkyl halides is 1. The molecule has 1 amide bonds. The SMILES string of the molecule is O=C(CCCCCBr)c1cc2c3c(c1)CCC(=O)N3CCC2. The van der Waals surface area contributed by atoms with Crippen LogP contribution in [0.1, 0.15) is 60.0 Å². The molecular formula is C18H22BrNO2. The van der Waals surface area contributed by atoms with Crippen molar-refractivity contribution in [2.75, 3.05) is 16.8 Å². The van der Waals surface area contributed by atoms with Gasteiger partial charge in [-0.2, -0.15) is 0 Å². The van der Waals surface area contributed by atoms with Crippen LogP contribution in [0.3, 0.4) is 0 Å². The average Bonchev–Trinajstić information content (AvgIpc) is 2.54. The van der Waals surface area contributed by atoms with E-state index in [0.29, 0.717) is 12.8 Å². The quantitative estimate of drug-likeness (QED) is 0.434. The van der Waals surface area contributed by atoms with Crippen molar-refractivity contribution in [1.29, 1.82) is 0 Å². The third-order valence-corrected chi connectivity index (χ3v) is 5.19. The number of aryl methyl sites for hydroxylation is 2. The molecule has 0 fully saturated rings. The number of carbonyl (C=O) groups is 2. The number of anilines is 1. The minimum absolute atomic E-state index is 0.238. The van der Waals surface area contributed by atoms with E-state index in [-0.39, 0.29) is 11.7 Å². The average molecular weight is 364 g/mol. The summed E-state index contributed by atoms with van der Waals surface area (Å²) in [5, 5.41) is 1.01. The van der Waals surface area contributed by atoms with Crippen molar-refractivity contribution in [1.82, 2.24) is 0 Å². The number of halogens is 1. The molecule has 0 unspecified atom stereocenters. The highest BCUT2D eigenvalue weighted by molar-refractivity contribution is 9.09. The molecule has 2 aliphatic heterocycles. The number of unbranched alkanes of at least 4 members (excludes halogenated alkanes) is 2. The number of hydrogen-bond donors (Lipinski definition) is 0. The maximum atomic E-state index is 12.4. The maximum Gasteiger partial charge on any atom is 0.227 e. The van der Waals surface area contributed by atoms with Crippen LogP contribution in [0, 0.1) is 0 Å². The smallest absolute Gasteiger partial charge is 0.227 e. The lowest BCUT2D eigenvalue weighted by molar-refractivity contribution is -0.119. The second-order valence-electron chi connectivity index (χ2n) is 6.21. The summed E-state index contributed by atoms with van der Waals surface area (Å²) < 4.78 is 0. The first-order valence-electron chi connectivity index (χ1n) is 8.26. The molecular weight excluding hydrogens is 342 g/mol. The Kier molecular flexibility index (Phi) is 4.97. The van der Waals surface area contributed by atoms with E-state index in [1.54, 1.807) is 0 Å². The van der Waals surface area contributed by atoms with Crippen molar-refractivity contribution in [3.63, 3.8) is 0 Å². The molecule has 22 heavy (non-hydrogen) atoms. The molecule has 0 spiro atoms. The molecule has 0 atom stereocenters. The Bertz CT molecular complexity index is 580. The molecule has 0 saturated carbocycles. The monoisotopic (exact) mass is 363 g/mol. The Morgan fingerprint density at radius 2 is 1.86 bits per heavy atom. The van der Waals surface area contributed by atoms with Crippen LogP contribution in [0.25, 0.3) is 0 Å². The van der Waals surface area contributed by atoms with E-state index < -0.39 is 0 Å². The normalized spacial score (nSPS) is 16.6. The second kappa shape index (κ2) is 6.95. The van der Waals surface area contributed by atoms with Crippen LogP contribution in [0.5, 0.6) is 0 Å². The van der Waals surface area contributed by atoms with Crippen molar-refractivity contribution < 1.29 is 9.59 Å². The molecule has 3 rings (SSSR count). The van der Waals surface area contributed by atoms with Crippen molar-refractivity contribution in [3.8, 4) is 0 Å². The lowest BCUT2D eigenvalue weighted by Gasteiger charge is -2.35. The number of ketones is 1. The molecule has 0 radical (unpaired) electrons. The first-order valence-corrected chi connectivity index (χ1v) is 9.38. The minimum atomic E-state index is 0.238. The zero-order valence-electron chi connectivity index (χ0n) is 12.9. The number of rotatable bonds is 6. The maximum absolute atomic E-state index is 12.4. The molecule has 0 bridgehead atoms. The molecule has 4 heteroatoms. The third kappa shape index (κ3) is 3.12. The van der Waals surface area contributed by atoms with Gasteiger partial charge in [0.15, 0.2) is 5.78 Å². The van der Waals surface area contributed by atoms with Gasteiger partial charge < -0.3 is 4.90 Å². The Balaban J connectivity index is 1.80. The second-order valence-corrected chi connectivity index (χ2v) is 7.01. The first kappa shape index (κ1) is 15.7. The number of benzene rings is 1. The first-order chi connectivity index (χ1) is 10.7. The van der Waals surface area contributed by atoms with E-state index in [2.05, 4.69) is 15.9 Å². The summed E-state index contributed by atoms with van der Waals surface area (Å²) in [4.78, 5) is 26.4. The summed E-state index contributed by atoms with van der Waals surface area (Å²) in [6.45, 7) is 0.832. The predicted octanol–water partition coefficient (Wildman–Crippen LogP) is 4.05. The molecule has 1 aromatic carbocycles. The van der Waals surface area contributed by atoms with Crippen LogP contribution in [-0.4, -0.2) is 23.6 Å². The fourth-order valence-corrected chi connectivity index (χ4v) is 3.91. The van der Waals surface area contributed by atoms with Crippen LogP contribution in [0.2, 0.25) is 0 Å². The summed E-state index contributed by atoms with van der Waals surface area (Å²) in [7, 11) is 0. The van der Waals surface area contributed by atoms with Gasteiger partial charge in [0, 0.05) is 30.3 Å². The summed E-state index contributed by atoms with van der Waals surface area (Å²) in [5.74, 6) is 0.491. The molecule has 118 valence electrons. The van der Waals surface area contributed by atoms with Crippen molar-refractivity contribution in [3.05, 3.63) is 28.8 Å². The van der Waals surface area contributed by atoms with Gasteiger partial charge in [-0.15, -0.1) is 0 Å². The number of amides is 1. The molecule has 0 saturated heterocycles. The van der Waals surface area contributed by atoms with Crippen molar-refractivity contribution in [2.24, 2.45) is 0 Å². The highest BCUT2D eigenvalue weighted by Gasteiger charge is 2.30. The van der Waals surface area contributed by atoms with E-state index >= 15 is 0 Å². The molecule has 2 heterocycles. The van der Waals surface area contributed by atoms with E-state index in [0.717, 1.165) is 61.7 Å². The van der Waals surface area contributed by atoms with Crippen LogP contribution >= 0.6 is 15.9 Å². The number of carbonyl (C=O) groups excluding carboxylic acids is 2. The topological polar surface area (TPSA) is 37.4 Å². The highest BCUT2D eigenvalue weighted by atomic mass is 79.9. The summed E-state index contributed by atoms with van der Waals surface area (Å²) in [6.07, 6.45) is 7.15. The zero-order chi connectivity index (χ0) is 15.5. The zero-order valence-corrected chi connectivity index (χ0v) is 14.5. The number of Topliss-reactive ketones (excluding diaryl/α,β-unsaturated/α-hetero) is 1. The van der Waals surface area contributed by atoms with Gasteiger partial charge in [0.05, 0.1) is 5.69 Å². The van der Waals surface area contributed by atoms with E-state index in [9.17, 15) is 9.59 Å². The van der Waals surface area contributed by atoms with Gasteiger partial charge in [0.25, 0.3) is 0 Å². The van der Waals surface area contributed by atoms with Crippen LogP contribution < -0.4 is 4.90 Å². The Labute approximate surface area is 140 Å². The van der Waals surface area contributed by atoms with Gasteiger partial charge in [0.2, 0.25) is 5.91 Å². The minimum Gasteiger partial charge on any atom is -0.312 e. The standard InChI is InChI=1S/C18H22BrNO2/c19-9-3-1-2-6-16(21)15-11-13-5-4-10-20-17(22)8-7-14(12-15)18(13)20/h11-12H,1-10H2. The van der Waals surface area contributed by atoms with Gasteiger partial charge >= 0.3 is 0 Å². The number of hydrogen-bond acceptors (Lipinski definition) is 2. The predicted molar refractivity (Wildman–Crippen MR) is 92.0 cm³/mol. The van der Waals surface area contributed by atoms with E-state index in [4.69, 9.17) is 0 Å².